The molecule has 0 radical (unpaired) electrons. The quantitative estimate of drug-likeness (QED) is 0.699. The summed E-state index contributed by atoms with van der Waals surface area (Å²) in [5.74, 6) is 0. The summed E-state index contributed by atoms with van der Waals surface area (Å²) in [5, 5.41) is 1.01. The van der Waals surface area contributed by atoms with Gasteiger partial charge in [-0.15, -0.1) is 0 Å². The summed E-state index contributed by atoms with van der Waals surface area (Å²) in [5.41, 5.74) is 2.14. The lowest BCUT2D eigenvalue weighted by atomic mass is 10.2. The Bertz CT molecular complexity index is 375. The summed E-state index contributed by atoms with van der Waals surface area (Å²) in [6, 6.07) is 7.97. The second kappa shape index (κ2) is 5.24. The van der Waals surface area contributed by atoms with E-state index in [0.29, 0.717) is 10.2 Å². The SMILES string of the molecule is C=CN(/C(Cl)=C(\C)Cl)c1ccc(C)cc1. The number of nitrogens with zero attached hydrogens (tertiary/aromatic N) is 1. The monoisotopic (exact) mass is 241 g/mol. The molecule has 80 valence electrons. The third-order valence-corrected chi connectivity index (χ3v) is 2.73. The normalized spacial score (nSPS) is 12.0. The molecule has 1 aromatic carbocycles. The number of rotatable bonds is 3. The molecule has 0 bridgehead atoms. The van der Waals surface area contributed by atoms with Gasteiger partial charge in [0.25, 0.3) is 0 Å². The lowest BCUT2D eigenvalue weighted by Gasteiger charge is -2.19. The zero-order valence-electron chi connectivity index (χ0n) is 8.80. The van der Waals surface area contributed by atoms with Crippen molar-refractivity contribution in [3.8, 4) is 0 Å². The molecule has 1 aromatic rings. The Morgan fingerprint density at radius 3 is 2.20 bits per heavy atom. The maximum absolute atomic E-state index is 6.06. The van der Waals surface area contributed by atoms with Gasteiger partial charge in [-0.1, -0.05) is 47.5 Å². The van der Waals surface area contributed by atoms with Crippen LogP contribution < -0.4 is 4.90 Å². The van der Waals surface area contributed by atoms with Crippen LogP contribution in [0.25, 0.3) is 0 Å². The van der Waals surface area contributed by atoms with Gasteiger partial charge in [0.2, 0.25) is 0 Å². The maximum Gasteiger partial charge on any atom is 0.127 e. The van der Waals surface area contributed by atoms with Gasteiger partial charge in [0.1, 0.15) is 5.16 Å². The van der Waals surface area contributed by atoms with Gasteiger partial charge in [0.05, 0.1) is 5.03 Å². The number of allylic oxidation sites excluding steroid dienone is 1. The topological polar surface area (TPSA) is 3.24 Å². The van der Waals surface area contributed by atoms with Gasteiger partial charge < -0.3 is 4.90 Å². The summed E-state index contributed by atoms with van der Waals surface area (Å²) in [6.45, 7) is 7.49. The molecule has 0 amide bonds. The molecule has 0 aromatic heterocycles. The van der Waals surface area contributed by atoms with Crippen LogP contribution in [0.3, 0.4) is 0 Å². The molecule has 3 heteroatoms. The second-order valence-electron chi connectivity index (χ2n) is 3.21. The minimum Gasteiger partial charge on any atom is -0.307 e. The molecular formula is C12H13Cl2N. The first kappa shape index (κ1) is 12.2. The summed E-state index contributed by atoms with van der Waals surface area (Å²) in [6.07, 6.45) is 1.64. The predicted octanol–water partition coefficient (Wildman–Crippen LogP) is 4.61. The van der Waals surface area contributed by atoms with E-state index in [-0.39, 0.29) is 0 Å². The molecule has 0 spiro atoms. The van der Waals surface area contributed by atoms with E-state index in [1.807, 2.05) is 31.2 Å². The van der Waals surface area contributed by atoms with Crippen LogP contribution in [-0.4, -0.2) is 0 Å². The Morgan fingerprint density at radius 2 is 1.80 bits per heavy atom. The van der Waals surface area contributed by atoms with E-state index in [9.17, 15) is 0 Å². The predicted molar refractivity (Wildman–Crippen MR) is 68.3 cm³/mol. The number of halogens is 2. The first-order valence-electron chi connectivity index (χ1n) is 4.56. The van der Waals surface area contributed by atoms with E-state index in [1.54, 1.807) is 18.0 Å². The Kier molecular flexibility index (Phi) is 4.25. The van der Waals surface area contributed by atoms with Gasteiger partial charge in [0, 0.05) is 11.9 Å². The van der Waals surface area contributed by atoms with Crippen LogP contribution in [0.4, 0.5) is 5.69 Å². The highest BCUT2D eigenvalue weighted by molar-refractivity contribution is 6.40. The van der Waals surface area contributed by atoms with E-state index in [0.717, 1.165) is 5.69 Å². The molecule has 1 nitrogen and oxygen atoms in total. The number of benzene rings is 1. The highest BCUT2D eigenvalue weighted by Crippen LogP contribution is 2.25. The average molecular weight is 242 g/mol. The van der Waals surface area contributed by atoms with Gasteiger partial charge in [-0.25, -0.2) is 0 Å². The standard InChI is InChI=1S/C12H13Cl2N/c1-4-15(12(14)10(3)13)11-7-5-9(2)6-8-11/h4-8H,1H2,2-3H3/b12-10+. The van der Waals surface area contributed by atoms with Crippen molar-refractivity contribution < 1.29 is 0 Å². The van der Waals surface area contributed by atoms with Crippen LogP contribution in [-0.2, 0) is 0 Å². The van der Waals surface area contributed by atoms with Crippen molar-refractivity contribution in [1.82, 2.24) is 0 Å². The van der Waals surface area contributed by atoms with Gasteiger partial charge >= 0.3 is 0 Å². The molecule has 0 aliphatic carbocycles. The molecule has 0 N–H and O–H groups in total. The van der Waals surface area contributed by atoms with Crippen molar-refractivity contribution in [2.24, 2.45) is 0 Å². The van der Waals surface area contributed by atoms with Crippen molar-refractivity contribution in [3.63, 3.8) is 0 Å². The van der Waals surface area contributed by atoms with E-state index in [4.69, 9.17) is 23.2 Å². The summed E-state index contributed by atoms with van der Waals surface area (Å²) in [4.78, 5) is 1.74. The Morgan fingerprint density at radius 1 is 1.27 bits per heavy atom. The van der Waals surface area contributed by atoms with Crippen LogP contribution in [0.2, 0.25) is 0 Å². The summed E-state index contributed by atoms with van der Waals surface area (Å²) < 4.78 is 0. The zero-order chi connectivity index (χ0) is 11.4. The Labute approximate surface area is 101 Å². The fourth-order valence-corrected chi connectivity index (χ4v) is 1.43. The summed E-state index contributed by atoms with van der Waals surface area (Å²) >= 11 is 11.9. The van der Waals surface area contributed by atoms with Crippen molar-refractivity contribution in [1.29, 1.82) is 0 Å². The zero-order valence-corrected chi connectivity index (χ0v) is 10.3. The average Bonchev–Trinajstić information content (AvgIpc) is 2.21. The van der Waals surface area contributed by atoms with Gasteiger partial charge in [-0.2, -0.15) is 0 Å². The molecule has 0 atom stereocenters. The van der Waals surface area contributed by atoms with Gasteiger partial charge in [0.15, 0.2) is 0 Å². The molecule has 15 heavy (non-hydrogen) atoms. The molecule has 0 unspecified atom stereocenters. The first-order valence-corrected chi connectivity index (χ1v) is 5.32. The largest absolute Gasteiger partial charge is 0.307 e. The smallest absolute Gasteiger partial charge is 0.127 e. The van der Waals surface area contributed by atoms with Crippen molar-refractivity contribution in [2.75, 3.05) is 4.90 Å². The third kappa shape index (κ3) is 3.01. The lowest BCUT2D eigenvalue weighted by Crippen LogP contribution is -2.11. The fourth-order valence-electron chi connectivity index (χ4n) is 1.17. The third-order valence-electron chi connectivity index (χ3n) is 1.99. The Balaban J connectivity index is 3.09. The number of hydrogen-bond acceptors (Lipinski definition) is 1. The highest BCUT2D eigenvalue weighted by Gasteiger charge is 2.08. The van der Waals surface area contributed by atoms with Gasteiger partial charge in [-0.05, 0) is 26.0 Å². The second-order valence-corrected chi connectivity index (χ2v) is 4.14. The van der Waals surface area contributed by atoms with Crippen LogP contribution in [0.5, 0.6) is 0 Å². The maximum atomic E-state index is 6.06. The van der Waals surface area contributed by atoms with Crippen LogP contribution in [0.15, 0.2) is 47.2 Å². The lowest BCUT2D eigenvalue weighted by molar-refractivity contribution is 1.23. The molecule has 0 saturated carbocycles. The van der Waals surface area contributed by atoms with E-state index in [2.05, 4.69) is 6.58 Å². The molecule has 0 fully saturated rings. The minimum absolute atomic E-state index is 0.468. The van der Waals surface area contributed by atoms with Crippen LogP contribution in [0.1, 0.15) is 12.5 Å². The Hall–Kier alpha value is -0.920. The van der Waals surface area contributed by atoms with Crippen LogP contribution in [0, 0.1) is 6.92 Å². The minimum atomic E-state index is 0.468. The number of aryl methyl sites for hydroxylation is 1. The van der Waals surface area contributed by atoms with Crippen molar-refractivity contribution in [3.05, 3.63) is 52.8 Å². The van der Waals surface area contributed by atoms with Gasteiger partial charge in [-0.3, -0.25) is 0 Å². The first-order chi connectivity index (χ1) is 7.06. The van der Waals surface area contributed by atoms with Crippen molar-refractivity contribution >= 4 is 28.9 Å². The number of anilines is 1. The van der Waals surface area contributed by atoms with E-state index < -0.39 is 0 Å². The highest BCUT2D eigenvalue weighted by atomic mass is 35.5. The van der Waals surface area contributed by atoms with Crippen molar-refractivity contribution in [2.45, 2.75) is 13.8 Å². The molecule has 0 aliphatic heterocycles. The fraction of sp³-hybridized carbons (Fsp3) is 0.167. The molecule has 0 saturated heterocycles. The molecular weight excluding hydrogens is 229 g/mol. The molecule has 0 heterocycles. The van der Waals surface area contributed by atoms with E-state index >= 15 is 0 Å². The molecule has 0 aliphatic rings. The molecule has 1 rings (SSSR count). The van der Waals surface area contributed by atoms with Crippen LogP contribution >= 0.6 is 23.2 Å². The van der Waals surface area contributed by atoms with E-state index in [1.165, 1.54) is 5.56 Å². The number of hydrogen-bond donors (Lipinski definition) is 0. The summed E-state index contributed by atoms with van der Waals surface area (Å²) in [7, 11) is 0.